The minimum atomic E-state index is -0.503. The van der Waals surface area contributed by atoms with Gasteiger partial charge in [-0.1, -0.05) is 30.0 Å². The summed E-state index contributed by atoms with van der Waals surface area (Å²) in [6, 6.07) is 6.19. The Hall–Kier alpha value is -1.60. The van der Waals surface area contributed by atoms with Crippen molar-refractivity contribution in [3.8, 4) is 6.07 Å². The Bertz CT molecular complexity index is 477. The van der Waals surface area contributed by atoms with E-state index in [0.29, 0.717) is 0 Å². The van der Waals surface area contributed by atoms with Crippen LogP contribution in [0, 0.1) is 17.1 Å². The molecule has 0 fully saturated rings. The second-order valence-electron chi connectivity index (χ2n) is 3.38. The van der Waals surface area contributed by atoms with Gasteiger partial charge in [-0.3, -0.25) is 4.79 Å². The van der Waals surface area contributed by atoms with Crippen LogP contribution in [0.4, 0.5) is 4.39 Å². The molecule has 0 radical (unpaired) electrons. The highest BCUT2D eigenvalue weighted by Crippen LogP contribution is 2.12. The molecule has 4 heteroatoms. The van der Waals surface area contributed by atoms with Gasteiger partial charge >= 0.3 is 0 Å². The molecule has 0 N–H and O–H groups in total. The summed E-state index contributed by atoms with van der Waals surface area (Å²) in [5.41, 5.74) is 0.834. The Labute approximate surface area is 104 Å². The molecule has 0 amide bonds. The zero-order valence-corrected chi connectivity index (χ0v) is 10.3. The van der Waals surface area contributed by atoms with Gasteiger partial charge in [-0.05, 0) is 24.1 Å². The van der Waals surface area contributed by atoms with Crippen LogP contribution in [0.5, 0.6) is 0 Å². The molecule has 0 saturated carbocycles. The predicted molar refractivity (Wildman–Crippen MR) is 67.9 cm³/mol. The molecule has 0 aliphatic heterocycles. The first kappa shape index (κ1) is 13.5. The Balaban J connectivity index is 2.54. The first-order valence-corrected chi connectivity index (χ1v) is 6.11. The summed E-state index contributed by atoms with van der Waals surface area (Å²) in [6.45, 7) is 1.54. The lowest BCUT2D eigenvalue weighted by Crippen LogP contribution is -1.85. The number of carbonyl (C=O) groups is 1. The van der Waals surface area contributed by atoms with E-state index in [1.165, 1.54) is 30.8 Å². The fourth-order valence-corrected chi connectivity index (χ4v) is 1.76. The van der Waals surface area contributed by atoms with E-state index >= 15 is 0 Å². The maximum Gasteiger partial charge on any atom is 0.185 e. The van der Waals surface area contributed by atoms with Gasteiger partial charge in [0, 0.05) is 12.7 Å². The summed E-state index contributed by atoms with van der Waals surface area (Å²) in [5, 5.41) is 8.76. The third-order valence-electron chi connectivity index (χ3n) is 2.01. The lowest BCUT2D eigenvalue weighted by atomic mass is 10.1. The summed E-state index contributed by atoms with van der Waals surface area (Å²) in [6.07, 6.45) is 4.49. The lowest BCUT2D eigenvalue weighted by Gasteiger charge is -1.96. The van der Waals surface area contributed by atoms with E-state index in [-0.39, 0.29) is 10.7 Å². The molecule has 0 heterocycles. The van der Waals surface area contributed by atoms with Gasteiger partial charge in [0.15, 0.2) is 5.12 Å². The van der Waals surface area contributed by atoms with Crippen LogP contribution in [-0.4, -0.2) is 10.9 Å². The van der Waals surface area contributed by atoms with Crippen LogP contribution < -0.4 is 0 Å². The van der Waals surface area contributed by atoms with Gasteiger partial charge in [0.25, 0.3) is 0 Å². The Morgan fingerprint density at radius 2 is 2.35 bits per heavy atom. The van der Waals surface area contributed by atoms with Crippen LogP contribution in [0.2, 0.25) is 0 Å². The van der Waals surface area contributed by atoms with E-state index < -0.39 is 5.82 Å². The SMILES string of the molecule is CC(=O)SCCC=Cc1ccc(F)c(C#N)c1. The summed E-state index contributed by atoms with van der Waals surface area (Å²) in [5.74, 6) is 0.231. The molecule has 0 aromatic heterocycles. The number of halogens is 1. The molecule has 0 unspecified atom stereocenters. The molecule has 2 nitrogen and oxygen atoms in total. The molecule has 0 aliphatic carbocycles. The van der Waals surface area contributed by atoms with Crippen molar-refractivity contribution >= 4 is 23.0 Å². The number of carbonyl (C=O) groups excluding carboxylic acids is 1. The smallest absolute Gasteiger partial charge is 0.185 e. The number of rotatable bonds is 4. The molecule has 0 saturated heterocycles. The minimum absolute atomic E-state index is 0.0465. The van der Waals surface area contributed by atoms with Gasteiger partial charge in [0.05, 0.1) is 5.56 Å². The number of hydrogen-bond donors (Lipinski definition) is 0. The summed E-state index contributed by atoms with van der Waals surface area (Å²) >= 11 is 1.27. The van der Waals surface area contributed by atoms with Crippen molar-refractivity contribution in [1.29, 1.82) is 5.26 Å². The largest absolute Gasteiger partial charge is 0.288 e. The van der Waals surface area contributed by atoms with E-state index in [1.54, 1.807) is 12.1 Å². The van der Waals surface area contributed by atoms with Gasteiger partial charge in [-0.2, -0.15) is 5.26 Å². The molecule has 0 aliphatic rings. The molecule has 1 aromatic rings. The van der Waals surface area contributed by atoms with E-state index in [1.807, 2.05) is 12.2 Å². The monoisotopic (exact) mass is 249 g/mol. The first-order chi connectivity index (χ1) is 8.13. The van der Waals surface area contributed by atoms with Crippen LogP contribution >= 0.6 is 11.8 Å². The minimum Gasteiger partial charge on any atom is -0.288 e. The fraction of sp³-hybridized carbons (Fsp3) is 0.231. The van der Waals surface area contributed by atoms with Crippen molar-refractivity contribution in [2.45, 2.75) is 13.3 Å². The second-order valence-corrected chi connectivity index (χ2v) is 4.65. The Kier molecular flexibility index (Phi) is 5.44. The van der Waals surface area contributed by atoms with Gasteiger partial charge in [-0.25, -0.2) is 4.39 Å². The number of hydrogen-bond acceptors (Lipinski definition) is 3. The quantitative estimate of drug-likeness (QED) is 0.768. The van der Waals surface area contributed by atoms with Gasteiger partial charge in [0.1, 0.15) is 11.9 Å². The van der Waals surface area contributed by atoms with Crippen LogP contribution in [0.1, 0.15) is 24.5 Å². The van der Waals surface area contributed by atoms with Gasteiger partial charge < -0.3 is 0 Å². The van der Waals surface area contributed by atoms with E-state index in [2.05, 4.69) is 0 Å². The maximum atomic E-state index is 13.0. The van der Waals surface area contributed by atoms with E-state index in [4.69, 9.17) is 5.26 Å². The number of thioether (sulfide) groups is 1. The molecular weight excluding hydrogens is 237 g/mol. The van der Waals surface area contributed by atoms with Gasteiger partial charge in [-0.15, -0.1) is 0 Å². The number of benzene rings is 1. The number of allylic oxidation sites excluding steroid dienone is 1. The van der Waals surface area contributed by atoms with Crippen molar-refractivity contribution in [3.05, 3.63) is 41.2 Å². The summed E-state index contributed by atoms with van der Waals surface area (Å²) in [4.78, 5) is 10.7. The zero-order chi connectivity index (χ0) is 12.7. The third-order valence-corrected chi connectivity index (χ3v) is 2.86. The van der Waals surface area contributed by atoms with Crippen molar-refractivity contribution in [2.24, 2.45) is 0 Å². The zero-order valence-electron chi connectivity index (χ0n) is 9.44. The lowest BCUT2D eigenvalue weighted by molar-refractivity contribution is -0.109. The van der Waals surface area contributed by atoms with Gasteiger partial charge in [0.2, 0.25) is 0 Å². The molecule has 0 spiro atoms. The molecule has 1 aromatic carbocycles. The predicted octanol–water partition coefficient (Wildman–Crippen LogP) is 3.38. The fourth-order valence-electron chi connectivity index (χ4n) is 1.22. The second kappa shape index (κ2) is 6.87. The third kappa shape index (κ3) is 4.83. The van der Waals surface area contributed by atoms with Crippen LogP contribution in [0.25, 0.3) is 6.08 Å². The summed E-state index contributed by atoms with van der Waals surface area (Å²) < 4.78 is 13.0. The average molecular weight is 249 g/mol. The Morgan fingerprint density at radius 1 is 1.59 bits per heavy atom. The van der Waals surface area contributed by atoms with Crippen molar-refractivity contribution in [2.75, 3.05) is 5.75 Å². The van der Waals surface area contributed by atoms with Crippen molar-refractivity contribution in [1.82, 2.24) is 0 Å². The van der Waals surface area contributed by atoms with Crippen LogP contribution in [-0.2, 0) is 4.79 Å². The van der Waals surface area contributed by atoms with E-state index in [0.717, 1.165) is 17.7 Å². The molecule has 0 bridgehead atoms. The van der Waals surface area contributed by atoms with E-state index in [9.17, 15) is 9.18 Å². The standard InChI is InChI=1S/C13H12FNOS/c1-10(16)17-7-3-2-4-11-5-6-13(14)12(8-11)9-15/h2,4-6,8H,3,7H2,1H3. The summed E-state index contributed by atoms with van der Waals surface area (Å²) in [7, 11) is 0. The molecule has 88 valence electrons. The Morgan fingerprint density at radius 3 is 3.00 bits per heavy atom. The highest BCUT2D eigenvalue weighted by atomic mass is 32.2. The average Bonchev–Trinajstić information content (AvgIpc) is 2.30. The van der Waals surface area contributed by atoms with Crippen LogP contribution in [0.15, 0.2) is 24.3 Å². The van der Waals surface area contributed by atoms with Crippen molar-refractivity contribution in [3.63, 3.8) is 0 Å². The number of nitriles is 1. The molecular formula is C13H12FNOS. The first-order valence-electron chi connectivity index (χ1n) is 5.13. The molecule has 0 atom stereocenters. The number of nitrogens with zero attached hydrogens (tertiary/aromatic N) is 1. The maximum absolute atomic E-state index is 13.0. The molecule has 17 heavy (non-hydrogen) atoms. The molecule has 1 rings (SSSR count). The highest BCUT2D eigenvalue weighted by molar-refractivity contribution is 8.13. The van der Waals surface area contributed by atoms with Crippen molar-refractivity contribution < 1.29 is 9.18 Å². The highest BCUT2D eigenvalue weighted by Gasteiger charge is 2.00. The normalized spacial score (nSPS) is 10.4. The topological polar surface area (TPSA) is 40.9 Å². The van der Waals surface area contributed by atoms with Crippen LogP contribution in [0.3, 0.4) is 0 Å².